The van der Waals surface area contributed by atoms with Gasteiger partial charge in [-0.2, -0.15) is 5.26 Å². The predicted molar refractivity (Wildman–Crippen MR) is 159 cm³/mol. The van der Waals surface area contributed by atoms with Gasteiger partial charge < -0.3 is 15.4 Å². The molecule has 0 unspecified atom stereocenters. The number of hydrogen-bond donors (Lipinski definition) is 2. The van der Waals surface area contributed by atoms with Crippen LogP contribution >= 0.6 is 11.8 Å². The van der Waals surface area contributed by atoms with Gasteiger partial charge in [-0.1, -0.05) is 66.4 Å². The van der Waals surface area contributed by atoms with E-state index in [1.807, 2.05) is 86.6 Å². The van der Waals surface area contributed by atoms with E-state index >= 15 is 0 Å². The number of benzene rings is 3. The van der Waals surface area contributed by atoms with Gasteiger partial charge in [0.05, 0.1) is 28.3 Å². The van der Waals surface area contributed by atoms with E-state index in [1.165, 1.54) is 11.8 Å². The number of rotatable bonds is 8. The highest BCUT2D eigenvalue weighted by Gasteiger charge is 2.37. The Kier molecular flexibility index (Phi) is 8.37. The number of ether oxygens (including phenoxy) is 1. The van der Waals surface area contributed by atoms with Gasteiger partial charge in [0.25, 0.3) is 0 Å². The monoisotopic (exact) mass is 549 g/mol. The number of allylic oxidation sites excluding steroid dienone is 3. The van der Waals surface area contributed by atoms with Crippen molar-refractivity contribution < 1.29 is 14.3 Å². The minimum absolute atomic E-state index is 0.0626. The summed E-state index contributed by atoms with van der Waals surface area (Å²) < 4.78 is 5.95. The molecule has 0 bridgehead atoms. The summed E-state index contributed by atoms with van der Waals surface area (Å²) in [6.45, 7) is 4.44. The predicted octanol–water partition coefficient (Wildman–Crippen LogP) is 6.68. The summed E-state index contributed by atoms with van der Waals surface area (Å²) in [5.41, 5.74) is 6.81. The molecule has 1 atom stereocenters. The average Bonchev–Trinajstić information content (AvgIpc) is 2.97. The second-order valence-electron chi connectivity index (χ2n) is 10.0. The largest absolute Gasteiger partial charge is 0.489 e. The third-order valence-corrected chi connectivity index (χ3v) is 8.37. The Hall–Kier alpha value is -4.28. The maximum atomic E-state index is 13.1. The van der Waals surface area contributed by atoms with E-state index in [0.717, 1.165) is 46.5 Å². The van der Waals surface area contributed by atoms with Crippen LogP contribution < -0.4 is 15.4 Å². The highest BCUT2D eigenvalue weighted by molar-refractivity contribution is 8.03. The second-order valence-corrected chi connectivity index (χ2v) is 11.0. The number of thioether (sulfide) groups is 1. The molecule has 6 nitrogen and oxygen atoms in total. The van der Waals surface area contributed by atoms with Gasteiger partial charge >= 0.3 is 0 Å². The van der Waals surface area contributed by atoms with E-state index in [9.17, 15) is 14.9 Å². The molecule has 0 fully saturated rings. The van der Waals surface area contributed by atoms with E-state index < -0.39 is 5.92 Å². The zero-order chi connectivity index (χ0) is 28.1. The molecule has 1 heterocycles. The van der Waals surface area contributed by atoms with Crippen LogP contribution in [-0.2, 0) is 16.2 Å². The Morgan fingerprint density at radius 3 is 2.58 bits per heavy atom. The third kappa shape index (κ3) is 5.98. The minimum Gasteiger partial charge on any atom is -0.489 e. The number of ketones is 1. The molecule has 1 amide bonds. The molecule has 0 aromatic heterocycles. The van der Waals surface area contributed by atoms with Crippen molar-refractivity contribution in [1.29, 1.82) is 5.26 Å². The van der Waals surface area contributed by atoms with E-state index in [1.54, 1.807) is 0 Å². The fraction of sp³-hybridized carbons (Fsp3) is 0.242. The molecule has 1 aliphatic carbocycles. The van der Waals surface area contributed by atoms with Crippen LogP contribution in [0.3, 0.4) is 0 Å². The van der Waals surface area contributed by atoms with Gasteiger partial charge in [0, 0.05) is 23.4 Å². The first-order valence-electron chi connectivity index (χ1n) is 13.4. The second kappa shape index (κ2) is 12.3. The number of anilines is 1. The van der Waals surface area contributed by atoms with E-state index in [0.29, 0.717) is 35.0 Å². The normalized spacial score (nSPS) is 16.6. The minimum atomic E-state index is -0.484. The lowest BCUT2D eigenvalue weighted by molar-refractivity contribution is -0.116. The van der Waals surface area contributed by atoms with Crippen LogP contribution in [0.15, 0.2) is 94.7 Å². The van der Waals surface area contributed by atoms with Crippen LogP contribution in [-0.4, -0.2) is 17.4 Å². The molecule has 3 aromatic rings. The maximum absolute atomic E-state index is 13.1. The summed E-state index contributed by atoms with van der Waals surface area (Å²) in [6, 6.07) is 25.7. The Bertz CT molecular complexity index is 1540. The molecule has 40 heavy (non-hydrogen) atoms. The lowest BCUT2D eigenvalue weighted by Gasteiger charge is -2.33. The van der Waals surface area contributed by atoms with Crippen molar-refractivity contribution in [2.75, 3.05) is 11.1 Å². The summed E-state index contributed by atoms with van der Waals surface area (Å²) in [5.74, 6) is 0.276. The van der Waals surface area contributed by atoms with Crippen molar-refractivity contribution >= 4 is 29.1 Å². The van der Waals surface area contributed by atoms with Gasteiger partial charge in [-0.25, -0.2) is 0 Å². The van der Waals surface area contributed by atoms with Crippen molar-refractivity contribution in [3.05, 3.63) is 117 Å². The number of carbonyl (C=O) groups is 2. The standard InChI is InChI=1S/C33H31N3O3S/c1-21-8-6-11-27(22(21)2)35-30(38)20-40-33-26(18-34)31(32-28(36-33)12-7-13-29(32)37)24-14-16-25(17-15-24)39-19-23-9-4-3-5-10-23/h3-6,8-11,14-17,31,36H,7,12-13,19-20H2,1-2H3,(H,35,38)/t31-/m1/s1. The summed E-state index contributed by atoms with van der Waals surface area (Å²) in [7, 11) is 0. The Morgan fingerprint density at radius 2 is 1.82 bits per heavy atom. The average molecular weight is 550 g/mol. The zero-order valence-electron chi connectivity index (χ0n) is 22.6. The van der Waals surface area contributed by atoms with Crippen LogP contribution in [0.2, 0.25) is 0 Å². The van der Waals surface area contributed by atoms with E-state index in [-0.39, 0.29) is 17.4 Å². The maximum Gasteiger partial charge on any atom is 0.234 e. The molecule has 3 aromatic carbocycles. The van der Waals surface area contributed by atoms with Crippen LogP contribution in [0.25, 0.3) is 0 Å². The van der Waals surface area contributed by atoms with Crippen molar-refractivity contribution in [1.82, 2.24) is 5.32 Å². The fourth-order valence-corrected chi connectivity index (χ4v) is 5.94. The van der Waals surface area contributed by atoms with Crippen molar-refractivity contribution in [2.24, 2.45) is 0 Å². The quantitative estimate of drug-likeness (QED) is 0.326. The number of hydrogen-bond acceptors (Lipinski definition) is 6. The van der Waals surface area contributed by atoms with Crippen LogP contribution in [0.1, 0.15) is 47.4 Å². The van der Waals surface area contributed by atoms with Crippen molar-refractivity contribution in [3.63, 3.8) is 0 Å². The lowest BCUT2D eigenvalue weighted by Crippen LogP contribution is -2.31. The Labute approximate surface area is 239 Å². The molecule has 5 rings (SSSR count). The molecule has 0 saturated carbocycles. The van der Waals surface area contributed by atoms with Gasteiger partial charge in [-0.15, -0.1) is 0 Å². The molecule has 7 heteroatoms. The van der Waals surface area contributed by atoms with Gasteiger partial charge in [0.15, 0.2) is 5.78 Å². The highest BCUT2D eigenvalue weighted by Crippen LogP contribution is 2.44. The van der Waals surface area contributed by atoms with Gasteiger partial charge in [-0.3, -0.25) is 9.59 Å². The van der Waals surface area contributed by atoms with Crippen molar-refractivity contribution in [2.45, 2.75) is 45.6 Å². The van der Waals surface area contributed by atoms with Crippen LogP contribution in [0.5, 0.6) is 5.75 Å². The van der Waals surface area contributed by atoms with Crippen LogP contribution in [0, 0.1) is 25.2 Å². The molecule has 2 N–H and O–H groups in total. The molecule has 0 spiro atoms. The summed E-state index contributed by atoms with van der Waals surface area (Å²) in [4.78, 5) is 26.0. The lowest BCUT2D eigenvalue weighted by atomic mass is 9.77. The molecular weight excluding hydrogens is 518 g/mol. The number of nitrogens with one attached hydrogen (secondary N) is 2. The molecule has 0 radical (unpaired) electrons. The van der Waals surface area contributed by atoms with E-state index in [2.05, 4.69) is 16.7 Å². The summed E-state index contributed by atoms with van der Waals surface area (Å²) in [6.07, 6.45) is 1.96. The fourth-order valence-electron chi connectivity index (χ4n) is 5.08. The first-order valence-corrected chi connectivity index (χ1v) is 14.4. The number of amides is 1. The molecular formula is C33H31N3O3S. The molecule has 1 aliphatic heterocycles. The number of dihydropyridines is 1. The third-order valence-electron chi connectivity index (χ3n) is 7.35. The number of aryl methyl sites for hydroxylation is 1. The molecule has 2 aliphatic rings. The number of nitriles is 1. The van der Waals surface area contributed by atoms with E-state index in [4.69, 9.17) is 4.74 Å². The van der Waals surface area contributed by atoms with Gasteiger partial charge in [0.1, 0.15) is 12.4 Å². The Balaban J connectivity index is 1.37. The zero-order valence-corrected chi connectivity index (χ0v) is 23.4. The highest BCUT2D eigenvalue weighted by atomic mass is 32.2. The topological polar surface area (TPSA) is 91.2 Å². The first-order chi connectivity index (χ1) is 19.4. The number of carbonyl (C=O) groups excluding carboxylic acids is 2. The first kappa shape index (κ1) is 27.3. The SMILES string of the molecule is Cc1cccc(NC(=O)CSC2=C(C#N)[C@@H](c3ccc(OCc4ccccc4)cc3)C3=C(CCCC3=O)N2)c1C. The van der Waals surface area contributed by atoms with Crippen molar-refractivity contribution in [3.8, 4) is 11.8 Å². The summed E-state index contributed by atoms with van der Waals surface area (Å²) >= 11 is 1.30. The molecule has 202 valence electrons. The molecule has 0 saturated heterocycles. The summed E-state index contributed by atoms with van der Waals surface area (Å²) in [5, 5.41) is 17.2. The van der Waals surface area contributed by atoms with Crippen LogP contribution in [0.4, 0.5) is 5.69 Å². The number of nitrogens with zero attached hydrogens (tertiary/aromatic N) is 1. The van der Waals surface area contributed by atoms with Gasteiger partial charge in [-0.05, 0) is 67.1 Å². The van der Waals surface area contributed by atoms with Gasteiger partial charge in [0.2, 0.25) is 5.91 Å². The Morgan fingerprint density at radius 1 is 1.05 bits per heavy atom. The smallest absolute Gasteiger partial charge is 0.234 e. The number of Topliss-reactive ketones (excluding diaryl/α,β-unsaturated/α-hetero) is 1.